The number of hydrogen-bond acceptors (Lipinski definition) is 5. The monoisotopic (exact) mass is 343 g/mol. The van der Waals surface area contributed by atoms with E-state index in [9.17, 15) is 0 Å². The fraction of sp³-hybridized carbons (Fsp3) is 0.400. The highest BCUT2D eigenvalue weighted by Gasteiger charge is 2.14. The second kappa shape index (κ2) is 8.62. The molecule has 1 aliphatic heterocycles. The summed E-state index contributed by atoms with van der Waals surface area (Å²) in [6.45, 7) is 6.08. The summed E-state index contributed by atoms with van der Waals surface area (Å²) >= 11 is 0. The Balaban J connectivity index is 1.42. The van der Waals surface area contributed by atoms with E-state index in [1.165, 1.54) is 5.56 Å². The van der Waals surface area contributed by atoms with Gasteiger partial charge in [0, 0.05) is 13.1 Å². The van der Waals surface area contributed by atoms with Gasteiger partial charge in [-0.05, 0) is 54.9 Å². The summed E-state index contributed by atoms with van der Waals surface area (Å²) in [6.07, 6.45) is 0.977. The topological polar surface area (TPSA) is 40.2 Å². The van der Waals surface area contributed by atoms with Crippen LogP contribution in [0.2, 0.25) is 0 Å². The molecule has 25 heavy (non-hydrogen) atoms. The first-order valence-electron chi connectivity index (χ1n) is 8.66. The maximum Gasteiger partial charge on any atom is 0.231 e. The quantitative estimate of drug-likeness (QED) is 0.649. The standard InChI is InChI=1S/C20H25NO4/c1-3-21(14-16-5-10-19-20(13-16)25-15-24-19)11-4-12-23-18-8-6-17(22-2)7-9-18/h5-10,13H,3-4,11-12,14-15H2,1-2H3. The predicted molar refractivity (Wildman–Crippen MR) is 96.6 cm³/mol. The zero-order valence-corrected chi connectivity index (χ0v) is 14.9. The molecule has 0 radical (unpaired) electrons. The Morgan fingerprint density at radius 3 is 2.52 bits per heavy atom. The lowest BCUT2D eigenvalue weighted by Crippen LogP contribution is -2.25. The Morgan fingerprint density at radius 1 is 1.00 bits per heavy atom. The molecule has 0 N–H and O–H groups in total. The largest absolute Gasteiger partial charge is 0.497 e. The van der Waals surface area contributed by atoms with E-state index >= 15 is 0 Å². The van der Waals surface area contributed by atoms with Gasteiger partial charge in [0.15, 0.2) is 11.5 Å². The van der Waals surface area contributed by atoms with Crippen LogP contribution in [-0.4, -0.2) is 38.5 Å². The normalized spacial score (nSPS) is 12.4. The Morgan fingerprint density at radius 2 is 1.76 bits per heavy atom. The van der Waals surface area contributed by atoms with Gasteiger partial charge in [0.2, 0.25) is 6.79 Å². The molecule has 1 heterocycles. The van der Waals surface area contributed by atoms with Crippen LogP contribution < -0.4 is 18.9 Å². The Hall–Kier alpha value is -2.40. The summed E-state index contributed by atoms with van der Waals surface area (Å²) in [7, 11) is 1.66. The molecular weight excluding hydrogens is 318 g/mol. The minimum absolute atomic E-state index is 0.318. The van der Waals surface area contributed by atoms with Gasteiger partial charge in [0.25, 0.3) is 0 Å². The van der Waals surface area contributed by atoms with Crippen LogP contribution in [0.1, 0.15) is 18.9 Å². The van der Waals surface area contributed by atoms with E-state index in [1.807, 2.05) is 30.3 Å². The molecule has 0 unspecified atom stereocenters. The van der Waals surface area contributed by atoms with Crippen LogP contribution in [-0.2, 0) is 6.54 Å². The van der Waals surface area contributed by atoms with Crippen LogP contribution in [0.3, 0.4) is 0 Å². The van der Waals surface area contributed by atoms with E-state index in [2.05, 4.69) is 24.0 Å². The summed E-state index contributed by atoms with van der Waals surface area (Å²) in [5.74, 6) is 3.39. The third-order valence-electron chi connectivity index (χ3n) is 4.24. The van der Waals surface area contributed by atoms with Gasteiger partial charge in [0.1, 0.15) is 11.5 Å². The van der Waals surface area contributed by atoms with Gasteiger partial charge in [-0.15, -0.1) is 0 Å². The zero-order valence-electron chi connectivity index (χ0n) is 14.9. The molecule has 3 rings (SSSR count). The molecule has 0 aliphatic carbocycles. The molecule has 0 saturated carbocycles. The van der Waals surface area contributed by atoms with Gasteiger partial charge >= 0.3 is 0 Å². The summed E-state index contributed by atoms with van der Waals surface area (Å²) in [6, 6.07) is 13.8. The molecule has 5 heteroatoms. The van der Waals surface area contributed by atoms with Gasteiger partial charge in [0.05, 0.1) is 13.7 Å². The Kier molecular flexibility index (Phi) is 6.01. The average molecular weight is 343 g/mol. The van der Waals surface area contributed by atoms with Gasteiger partial charge in [-0.1, -0.05) is 13.0 Å². The SMILES string of the molecule is CCN(CCCOc1ccc(OC)cc1)Cc1ccc2c(c1)OCO2. The molecule has 0 amide bonds. The summed E-state index contributed by atoms with van der Waals surface area (Å²) in [5, 5.41) is 0. The molecule has 0 bridgehead atoms. The van der Waals surface area contributed by atoms with Crippen molar-refractivity contribution < 1.29 is 18.9 Å². The van der Waals surface area contributed by atoms with Crippen molar-refractivity contribution in [2.75, 3.05) is 33.6 Å². The van der Waals surface area contributed by atoms with E-state index in [0.717, 1.165) is 49.1 Å². The molecule has 2 aromatic rings. The Bertz CT molecular complexity index is 672. The predicted octanol–water partition coefficient (Wildman–Crippen LogP) is 3.71. The van der Waals surface area contributed by atoms with Crippen LogP contribution in [0.4, 0.5) is 0 Å². The van der Waals surface area contributed by atoms with Crippen LogP contribution in [0.5, 0.6) is 23.0 Å². The number of fused-ring (bicyclic) bond motifs is 1. The van der Waals surface area contributed by atoms with E-state index in [0.29, 0.717) is 13.4 Å². The highest BCUT2D eigenvalue weighted by Crippen LogP contribution is 2.32. The maximum atomic E-state index is 5.79. The first kappa shape index (κ1) is 17.4. The lowest BCUT2D eigenvalue weighted by Gasteiger charge is -2.20. The van der Waals surface area contributed by atoms with Gasteiger partial charge in [-0.25, -0.2) is 0 Å². The first-order chi connectivity index (χ1) is 12.3. The molecule has 0 saturated heterocycles. The third kappa shape index (κ3) is 4.79. The third-order valence-corrected chi connectivity index (χ3v) is 4.24. The lowest BCUT2D eigenvalue weighted by atomic mass is 10.2. The van der Waals surface area contributed by atoms with Crippen molar-refractivity contribution in [1.29, 1.82) is 0 Å². The first-order valence-corrected chi connectivity index (χ1v) is 8.66. The van der Waals surface area contributed by atoms with Gasteiger partial charge < -0.3 is 18.9 Å². The zero-order chi connectivity index (χ0) is 17.5. The second-order valence-corrected chi connectivity index (χ2v) is 5.93. The number of rotatable bonds is 9. The van der Waals surface area contributed by atoms with Gasteiger partial charge in [-0.3, -0.25) is 4.90 Å². The number of nitrogens with zero attached hydrogens (tertiary/aromatic N) is 1. The smallest absolute Gasteiger partial charge is 0.231 e. The summed E-state index contributed by atoms with van der Waals surface area (Å²) in [4.78, 5) is 2.40. The molecule has 0 fully saturated rings. The molecule has 2 aromatic carbocycles. The molecule has 134 valence electrons. The van der Waals surface area contributed by atoms with Crippen molar-refractivity contribution in [1.82, 2.24) is 4.90 Å². The average Bonchev–Trinajstić information content (AvgIpc) is 3.12. The van der Waals surface area contributed by atoms with E-state index in [4.69, 9.17) is 18.9 Å². The van der Waals surface area contributed by atoms with E-state index < -0.39 is 0 Å². The molecule has 0 spiro atoms. The highest BCUT2D eigenvalue weighted by atomic mass is 16.7. The minimum Gasteiger partial charge on any atom is -0.497 e. The number of benzene rings is 2. The van der Waals surface area contributed by atoms with Crippen LogP contribution in [0, 0.1) is 0 Å². The van der Waals surface area contributed by atoms with E-state index in [-0.39, 0.29) is 0 Å². The number of methoxy groups -OCH3 is 1. The molecule has 1 aliphatic rings. The Labute approximate surface area is 149 Å². The van der Waals surface area contributed by atoms with Crippen molar-refractivity contribution >= 4 is 0 Å². The molecule has 0 aromatic heterocycles. The fourth-order valence-corrected chi connectivity index (χ4v) is 2.80. The van der Waals surface area contributed by atoms with Crippen molar-refractivity contribution in [3.05, 3.63) is 48.0 Å². The number of ether oxygens (including phenoxy) is 4. The van der Waals surface area contributed by atoms with Crippen molar-refractivity contribution in [2.45, 2.75) is 19.9 Å². The van der Waals surface area contributed by atoms with Crippen LogP contribution in [0.25, 0.3) is 0 Å². The molecule has 0 atom stereocenters. The molecule has 5 nitrogen and oxygen atoms in total. The van der Waals surface area contributed by atoms with Crippen LogP contribution in [0.15, 0.2) is 42.5 Å². The minimum atomic E-state index is 0.318. The summed E-state index contributed by atoms with van der Waals surface area (Å²) < 4.78 is 21.7. The van der Waals surface area contributed by atoms with Crippen molar-refractivity contribution in [3.8, 4) is 23.0 Å². The molecular formula is C20H25NO4. The van der Waals surface area contributed by atoms with Crippen LogP contribution >= 0.6 is 0 Å². The second-order valence-electron chi connectivity index (χ2n) is 5.93. The van der Waals surface area contributed by atoms with Crippen molar-refractivity contribution in [2.24, 2.45) is 0 Å². The maximum absolute atomic E-state index is 5.79. The number of hydrogen-bond donors (Lipinski definition) is 0. The fourth-order valence-electron chi connectivity index (χ4n) is 2.80. The summed E-state index contributed by atoms with van der Waals surface area (Å²) in [5.41, 5.74) is 1.24. The highest BCUT2D eigenvalue weighted by molar-refractivity contribution is 5.44. The van der Waals surface area contributed by atoms with Gasteiger partial charge in [-0.2, -0.15) is 0 Å². The van der Waals surface area contributed by atoms with Crippen molar-refractivity contribution in [3.63, 3.8) is 0 Å². The van der Waals surface area contributed by atoms with E-state index in [1.54, 1.807) is 7.11 Å². The lowest BCUT2D eigenvalue weighted by molar-refractivity contribution is 0.174.